The second kappa shape index (κ2) is 6.42. The maximum absolute atomic E-state index is 5.65. The molecular formula is C12H13BrO2S2. The average Bonchev–Trinajstić information content (AvgIpc) is 2.89. The predicted octanol–water partition coefficient (Wildman–Crippen LogP) is 4.73. The quantitative estimate of drug-likeness (QED) is 0.712. The number of hydrogen-bond donors (Lipinski definition) is 0. The molecule has 0 aliphatic rings. The molecular weight excluding hydrogens is 320 g/mol. The second-order valence-corrected chi connectivity index (χ2v) is 5.89. The lowest BCUT2D eigenvalue weighted by molar-refractivity contribution is 0.247. The molecule has 5 heteroatoms. The van der Waals surface area contributed by atoms with Crippen molar-refractivity contribution in [3.63, 3.8) is 0 Å². The van der Waals surface area contributed by atoms with Gasteiger partial charge in [0.25, 0.3) is 0 Å². The van der Waals surface area contributed by atoms with Crippen molar-refractivity contribution < 1.29 is 9.47 Å². The molecule has 2 nitrogen and oxygen atoms in total. The van der Waals surface area contributed by atoms with Crippen LogP contribution in [0.2, 0.25) is 0 Å². The molecule has 0 bridgehead atoms. The van der Waals surface area contributed by atoms with Gasteiger partial charge in [-0.15, -0.1) is 22.7 Å². The topological polar surface area (TPSA) is 18.5 Å². The van der Waals surface area contributed by atoms with Crippen LogP contribution in [0.1, 0.15) is 12.0 Å². The highest BCUT2D eigenvalue weighted by molar-refractivity contribution is 9.10. The number of rotatable bonds is 6. The Kier molecular flexibility index (Phi) is 4.88. The maximum Gasteiger partial charge on any atom is 0.144 e. The van der Waals surface area contributed by atoms with Crippen LogP contribution < -0.4 is 9.47 Å². The van der Waals surface area contributed by atoms with Crippen molar-refractivity contribution >= 4 is 38.6 Å². The zero-order valence-electron chi connectivity index (χ0n) is 9.44. The predicted molar refractivity (Wildman–Crippen MR) is 76.7 cm³/mol. The fraction of sp³-hybridized carbons (Fsp3) is 0.333. The molecule has 0 fully saturated rings. The van der Waals surface area contributed by atoms with E-state index in [1.165, 1.54) is 5.56 Å². The van der Waals surface area contributed by atoms with Gasteiger partial charge in [-0.3, -0.25) is 0 Å². The lowest BCUT2D eigenvalue weighted by Gasteiger charge is -2.06. The zero-order valence-corrected chi connectivity index (χ0v) is 12.7. The van der Waals surface area contributed by atoms with Gasteiger partial charge in [0.2, 0.25) is 0 Å². The van der Waals surface area contributed by atoms with Gasteiger partial charge in [-0.1, -0.05) is 0 Å². The number of aryl methyl sites for hydroxylation is 1. The van der Waals surface area contributed by atoms with Crippen LogP contribution in [0.15, 0.2) is 26.0 Å². The van der Waals surface area contributed by atoms with E-state index in [0.29, 0.717) is 13.2 Å². The van der Waals surface area contributed by atoms with Crippen molar-refractivity contribution in [2.75, 3.05) is 13.2 Å². The Balaban J connectivity index is 1.64. The van der Waals surface area contributed by atoms with Gasteiger partial charge in [-0.05, 0) is 28.2 Å². The Morgan fingerprint density at radius 3 is 2.24 bits per heavy atom. The first-order chi connectivity index (χ1) is 8.27. The molecule has 2 heterocycles. The number of halogens is 1. The second-order valence-electron chi connectivity index (χ2n) is 3.55. The maximum atomic E-state index is 5.65. The van der Waals surface area contributed by atoms with Crippen LogP contribution in [0.5, 0.6) is 11.5 Å². The average molecular weight is 333 g/mol. The third-order valence-electron chi connectivity index (χ3n) is 2.19. The standard InChI is InChI=1S/C12H13BrO2S2/c1-9-5-16-7-11(9)14-3-2-4-15-12-8-17-6-10(12)13/h5-8H,2-4H2,1H3. The summed E-state index contributed by atoms with van der Waals surface area (Å²) in [6, 6.07) is 0. The molecule has 0 atom stereocenters. The summed E-state index contributed by atoms with van der Waals surface area (Å²) in [5, 5.41) is 8.13. The van der Waals surface area contributed by atoms with Crippen LogP contribution in [0.25, 0.3) is 0 Å². The largest absolute Gasteiger partial charge is 0.492 e. The molecule has 2 rings (SSSR count). The van der Waals surface area contributed by atoms with Gasteiger partial charge in [-0.2, -0.15) is 0 Å². The van der Waals surface area contributed by atoms with Crippen molar-refractivity contribution in [2.45, 2.75) is 13.3 Å². The molecule has 0 amide bonds. The first kappa shape index (κ1) is 12.9. The van der Waals surface area contributed by atoms with Gasteiger partial charge in [0.15, 0.2) is 0 Å². The highest BCUT2D eigenvalue weighted by atomic mass is 79.9. The summed E-state index contributed by atoms with van der Waals surface area (Å²) < 4.78 is 12.3. The number of hydrogen-bond acceptors (Lipinski definition) is 4. The van der Waals surface area contributed by atoms with E-state index in [0.717, 1.165) is 22.4 Å². The van der Waals surface area contributed by atoms with Gasteiger partial charge in [0.1, 0.15) is 11.5 Å². The van der Waals surface area contributed by atoms with E-state index in [9.17, 15) is 0 Å². The third kappa shape index (κ3) is 3.72. The van der Waals surface area contributed by atoms with Crippen LogP contribution in [0.3, 0.4) is 0 Å². The Bertz CT molecular complexity index is 422. The summed E-state index contributed by atoms with van der Waals surface area (Å²) in [6.45, 7) is 3.43. The highest BCUT2D eigenvalue weighted by Crippen LogP contribution is 2.28. The van der Waals surface area contributed by atoms with E-state index in [1.807, 2.05) is 16.1 Å². The molecule has 2 aromatic heterocycles. The van der Waals surface area contributed by atoms with E-state index >= 15 is 0 Å². The number of ether oxygens (including phenoxy) is 2. The van der Waals surface area contributed by atoms with Gasteiger partial charge >= 0.3 is 0 Å². The van der Waals surface area contributed by atoms with Crippen LogP contribution in [0, 0.1) is 6.92 Å². The van der Waals surface area contributed by atoms with Crippen LogP contribution in [-0.2, 0) is 0 Å². The molecule has 0 aliphatic carbocycles. The first-order valence-electron chi connectivity index (χ1n) is 5.27. The fourth-order valence-electron chi connectivity index (χ4n) is 1.29. The lowest BCUT2D eigenvalue weighted by Crippen LogP contribution is -2.04. The van der Waals surface area contributed by atoms with Gasteiger partial charge in [-0.25, -0.2) is 0 Å². The molecule has 0 spiro atoms. The van der Waals surface area contributed by atoms with E-state index in [1.54, 1.807) is 22.7 Å². The Labute approximate surface area is 117 Å². The monoisotopic (exact) mass is 332 g/mol. The summed E-state index contributed by atoms with van der Waals surface area (Å²) in [5.74, 6) is 1.91. The SMILES string of the molecule is Cc1cscc1OCCCOc1cscc1Br. The Morgan fingerprint density at radius 2 is 1.65 bits per heavy atom. The molecule has 2 aromatic rings. The Hall–Kier alpha value is -0.520. The van der Waals surface area contributed by atoms with E-state index < -0.39 is 0 Å². The normalized spacial score (nSPS) is 10.5. The molecule has 0 aromatic carbocycles. The van der Waals surface area contributed by atoms with Gasteiger partial charge in [0.05, 0.1) is 17.7 Å². The molecule has 0 saturated carbocycles. The zero-order chi connectivity index (χ0) is 12.1. The minimum absolute atomic E-state index is 0.679. The molecule has 0 radical (unpaired) electrons. The van der Waals surface area contributed by atoms with E-state index in [-0.39, 0.29) is 0 Å². The summed E-state index contributed by atoms with van der Waals surface area (Å²) in [7, 11) is 0. The summed E-state index contributed by atoms with van der Waals surface area (Å²) >= 11 is 6.73. The van der Waals surface area contributed by atoms with Crippen molar-refractivity contribution in [2.24, 2.45) is 0 Å². The smallest absolute Gasteiger partial charge is 0.144 e. The van der Waals surface area contributed by atoms with Crippen LogP contribution in [0.4, 0.5) is 0 Å². The van der Waals surface area contributed by atoms with Crippen LogP contribution >= 0.6 is 38.6 Å². The van der Waals surface area contributed by atoms with E-state index in [4.69, 9.17) is 9.47 Å². The molecule has 0 saturated heterocycles. The molecule has 0 N–H and O–H groups in total. The molecule has 0 unspecified atom stereocenters. The van der Waals surface area contributed by atoms with Gasteiger partial charge < -0.3 is 9.47 Å². The fourth-order valence-corrected chi connectivity index (χ4v) is 3.39. The van der Waals surface area contributed by atoms with Crippen LogP contribution in [-0.4, -0.2) is 13.2 Å². The highest BCUT2D eigenvalue weighted by Gasteiger charge is 2.02. The summed E-state index contributed by atoms with van der Waals surface area (Å²) in [4.78, 5) is 0. The van der Waals surface area contributed by atoms with Crippen molar-refractivity contribution in [3.05, 3.63) is 31.6 Å². The lowest BCUT2D eigenvalue weighted by atomic mass is 10.4. The summed E-state index contributed by atoms with van der Waals surface area (Å²) in [6.07, 6.45) is 0.886. The minimum Gasteiger partial charge on any atom is -0.492 e. The first-order valence-corrected chi connectivity index (χ1v) is 7.95. The van der Waals surface area contributed by atoms with Crippen molar-refractivity contribution in [1.82, 2.24) is 0 Å². The minimum atomic E-state index is 0.679. The van der Waals surface area contributed by atoms with Crippen molar-refractivity contribution in [1.29, 1.82) is 0 Å². The summed E-state index contributed by atoms with van der Waals surface area (Å²) in [5.41, 5.74) is 1.21. The van der Waals surface area contributed by atoms with Crippen molar-refractivity contribution in [3.8, 4) is 11.5 Å². The van der Waals surface area contributed by atoms with Gasteiger partial charge in [0, 0.05) is 28.1 Å². The Morgan fingerprint density at radius 1 is 1.00 bits per heavy atom. The number of thiophene rings is 2. The third-order valence-corrected chi connectivity index (χ3v) is 4.68. The molecule has 17 heavy (non-hydrogen) atoms. The molecule has 0 aliphatic heterocycles. The molecule has 92 valence electrons. The van der Waals surface area contributed by atoms with E-state index in [2.05, 4.69) is 28.2 Å².